The highest BCUT2D eigenvalue weighted by Crippen LogP contribution is 2.29. The molecule has 0 radical (unpaired) electrons. The molecule has 2 heterocycles. The van der Waals surface area contributed by atoms with Gasteiger partial charge >= 0.3 is 0 Å². The van der Waals surface area contributed by atoms with Crippen LogP contribution in [0.5, 0.6) is 0 Å². The van der Waals surface area contributed by atoms with E-state index in [-0.39, 0.29) is 5.69 Å². The van der Waals surface area contributed by atoms with Gasteiger partial charge in [0.1, 0.15) is 5.69 Å². The quantitative estimate of drug-likeness (QED) is 0.903. The standard InChI is InChI=1S/C18H25N5O/c1-11-8-14(10-23-7-5-4-6-12(23)2)13(3)15(9-11)16-17(18(19)24)21-22-20-16/h8-9,12H,4-7,10H2,1-3H3,(H2,19,24)(H,20,21,22). The minimum absolute atomic E-state index is 0.195. The molecule has 1 aliphatic heterocycles. The van der Waals surface area contributed by atoms with Crippen LogP contribution in [0.15, 0.2) is 12.1 Å². The van der Waals surface area contributed by atoms with Crippen LogP contribution in [0.25, 0.3) is 11.3 Å². The van der Waals surface area contributed by atoms with Gasteiger partial charge in [-0.15, -0.1) is 0 Å². The number of aromatic nitrogens is 3. The van der Waals surface area contributed by atoms with Gasteiger partial charge in [0.2, 0.25) is 0 Å². The molecule has 0 spiro atoms. The normalized spacial score (nSPS) is 18.7. The van der Waals surface area contributed by atoms with Crippen LogP contribution in [0, 0.1) is 13.8 Å². The number of H-pyrrole nitrogens is 1. The highest BCUT2D eigenvalue weighted by atomic mass is 16.1. The summed E-state index contributed by atoms with van der Waals surface area (Å²) < 4.78 is 0. The Morgan fingerprint density at radius 3 is 2.83 bits per heavy atom. The highest BCUT2D eigenvalue weighted by molar-refractivity contribution is 5.97. The zero-order valence-electron chi connectivity index (χ0n) is 14.6. The van der Waals surface area contributed by atoms with Crippen molar-refractivity contribution >= 4 is 5.91 Å². The number of piperidine rings is 1. The van der Waals surface area contributed by atoms with E-state index in [1.54, 1.807) is 0 Å². The lowest BCUT2D eigenvalue weighted by molar-refractivity contribution is 0.0996. The Morgan fingerprint density at radius 1 is 1.33 bits per heavy atom. The van der Waals surface area contributed by atoms with Gasteiger partial charge in [0.25, 0.3) is 5.91 Å². The van der Waals surface area contributed by atoms with Crippen LogP contribution < -0.4 is 5.73 Å². The molecule has 6 heteroatoms. The number of aromatic amines is 1. The molecule has 1 aromatic carbocycles. The second-order valence-corrected chi connectivity index (χ2v) is 6.80. The molecule has 24 heavy (non-hydrogen) atoms. The van der Waals surface area contributed by atoms with Crippen molar-refractivity contribution in [3.05, 3.63) is 34.5 Å². The van der Waals surface area contributed by atoms with Gasteiger partial charge in [-0.2, -0.15) is 15.4 Å². The number of carbonyl (C=O) groups excluding carboxylic acids is 1. The first kappa shape index (κ1) is 16.6. The average Bonchev–Trinajstić information content (AvgIpc) is 3.02. The minimum atomic E-state index is -0.564. The molecule has 1 aliphatic rings. The summed E-state index contributed by atoms with van der Waals surface area (Å²) in [6, 6.07) is 4.88. The second kappa shape index (κ2) is 6.73. The Morgan fingerprint density at radius 2 is 2.12 bits per heavy atom. The third-order valence-electron chi connectivity index (χ3n) is 5.01. The van der Waals surface area contributed by atoms with Gasteiger partial charge in [0, 0.05) is 18.2 Å². The number of nitrogens with zero attached hydrogens (tertiary/aromatic N) is 3. The van der Waals surface area contributed by atoms with Crippen LogP contribution in [-0.2, 0) is 6.54 Å². The number of likely N-dealkylation sites (tertiary alicyclic amines) is 1. The number of amides is 1. The van der Waals surface area contributed by atoms with Crippen molar-refractivity contribution in [3.8, 4) is 11.3 Å². The summed E-state index contributed by atoms with van der Waals surface area (Å²) in [5.41, 5.74) is 10.6. The predicted octanol–water partition coefficient (Wildman–Crippen LogP) is 2.56. The molecule has 1 saturated heterocycles. The van der Waals surface area contributed by atoms with Gasteiger partial charge in [-0.25, -0.2) is 0 Å². The predicted molar refractivity (Wildman–Crippen MR) is 93.5 cm³/mol. The molecular weight excluding hydrogens is 302 g/mol. The molecule has 3 rings (SSSR count). The Hall–Kier alpha value is -2.21. The number of primary amides is 1. The SMILES string of the molecule is Cc1cc(CN2CCCCC2C)c(C)c(-c2n[nH]nc2C(N)=O)c1. The summed E-state index contributed by atoms with van der Waals surface area (Å²) >= 11 is 0. The largest absolute Gasteiger partial charge is 0.364 e. The third-order valence-corrected chi connectivity index (χ3v) is 5.01. The van der Waals surface area contributed by atoms with E-state index in [1.807, 2.05) is 6.07 Å². The van der Waals surface area contributed by atoms with E-state index >= 15 is 0 Å². The number of hydrogen-bond acceptors (Lipinski definition) is 4. The summed E-state index contributed by atoms with van der Waals surface area (Å²) in [6.07, 6.45) is 3.83. The van der Waals surface area contributed by atoms with Crippen molar-refractivity contribution in [2.24, 2.45) is 5.73 Å². The molecular formula is C18H25N5O. The maximum atomic E-state index is 11.6. The maximum Gasteiger partial charge on any atom is 0.271 e. The maximum absolute atomic E-state index is 11.6. The molecule has 2 aromatic rings. The first-order valence-corrected chi connectivity index (χ1v) is 8.52. The van der Waals surface area contributed by atoms with Gasteiger partial charge < -0.3 is 5.73 Å². The Bertz CT molecular complexity index is 752. The van der Waals surface area contributed by atoms with Crippen molar-refractivity contribution in [1.29, 1.82) is 0 Å². The van der Waals surface area contributed by atoms with Crippen LogP contribution in [-0.4, -0.2) is 38.8 Å². The van der Waals surface area contributed by atoms with E-state index in [0.717, 1.165) is 29.8 Å². The van der Waals surface area contributed by atoms with E-state index < -0.39 is 5.91 Å². The summed E-state index contributed by atoms with van der Waals surface area (Å²) in [7, 11) is 0. The Kier molecular flexibility index (Phi) is 4.66. The smallest absolute Gasteiger partial charge is 0.271 e. The summed E-state index contributed by atoms with van der Waals surface area (Å²) in [5, 5.41) is 10.6. The number of nitrogens with one attached hydrogen (secondary N) is 1. The van der Waals surface area contributed by atoms with E-state index in [1.165, 1.54) is 24.8 Å². The van der Waals surface area contributed by atoms with Crippen molar-refractivity contribution in [2.45, 2.75) is 52.6 Å². The van der Waals surface area contributed by atoms with E-state index in [0.29, 0.717) is 11.7 Å². The third kappa shape index (κ3) is 3.19. The van der Waals surface area contributed by atoms with Gasteiger partial charge in [0.05, 0.1) is 0 Å². The van der Waals surface area contributed by atoms with Crippen LogP contribution >= 0.6 is 0 Å². The Balaban J connectivity index is 1.99. The molecule has 1 aromatic heterocycles. The molecule has 0 bridgehead atoms. The van der Waals surface area contributed by atoms with Crippen LogP contribution in [0.2, 0.25) is 0 Å². The summed E-state index contributed by atoms with van der Waals surface area (Å²) in [6.45, 7) is 8.51. The number of rotatable bonds is 4. The van der Waals surface area contributed by atoms with Crippen LogP contribution in [0.1, 0.15) is 53.4 Å². The van der Waals surface area contributed by atoms with Crippen molar-refractivity contribution in [1.82, 2.24) is 20.3 Å². The second-order valence-electron chi connectivity index (χ2n) is 6.80. The van der Waals surface area contributed by atoms with Crippen molar-refractivity contribution in [3.63, 3.8) is 0 Å². The fourth-order valence-corrected chi connectivity index (χ4v) is 3.55. The zero-order valence-corrected chi connectivity index (χ0v) is 14.6. The monoisotopic (exact) mass is 327 g/mol. The lowest BCUT2D eigenvalue weighted by Gasteiger charge is -2.34. The van der Waals surface area contributed by atoms with Gasteiger partial charge in [-0.1, -0.05) is 18.1 Å². The average molecular weight is 327 g/mol. The van der Waals surface area contributed by atoms with Gasteiger partial charge in [-0.3, -0.25) is 9.69 Å². The molecule has 1 atom stereocenters. The fraction of sp³-hybridized carbons (Fsp3) is 0.500. The summed E-state index contributed by atoms with van der Waals surface area (Å²) in [5.74, 6) is -0.564. The lowest BCUT2D eigenvalue weighted by Crippen LogP contribution is -2.36. The highest BCUT2D eigenvalue weighted by Gasteiger charge is 2.22. The molecule has 1 fully saturated rings. The first-order valence-electron chi connectivity index (χ1n) is 8.52. The number of carbonyl (C=O) groups is 1. The van der Waals surface area contributed by atoms with Crippen LogP contribution in [0.3, 0.4) is 0 Å². The molecule has 0 saturated carbocycles. The van der Waals surface area contributed by atoms with Crippen LogP contribution in [0.4, 0.5) is 0 Å². The number of nitrogens with two attached hydrogens (primary N) is 1. The van der Waals surface area contributed by atoms with E-state index in [9.17, 15) is 4.79 Å². The molecule has 3 N–H and O–H groups in total. The van der Waals surface area contributed by atoms with E-state index in [2.05, 4.69) is 47.1 Å². The van der Waals surface area contributed by atoms with E-state index in [4.69, 9.17) is 5.73 Å². The molecule has 1 unspecified atom stereocenters. The van der Waals surface area contributed by atoms with Crippen molar-refractivity contribution < 1.29 is 4.79 Å². The van der Waals surface area contributed by atoms with Gasteiger partial charge in [0.15, 0.2) is 5.69 Å². The number of aryl methyl sites for hydroxylation is 1. The topological polar surface area (TPSA) is 87.9 Å². The van der Waals surface area contributed by atoms with Gasteiger partial charge in [-0.05, 0) is 57.4 Å². The Labute approximate surface area is 142 Å². The molecule has 0 aliphatic carbocycles. The summed E-state index contributed by atoms with van der Waals surface area (Å²) in [4.78, 5) is 14.1. The number of hydrogen-bond donors (Lipinski definition) is 2. The number of benzene rings is 1. The molecule has 128 valence electrons. The zero-order chi connectivity index (χ0) is 17.3. The molecule has 1 amide bonds. The lowest BCUT2D eigenvalue weighted by atomic mass is 9.94. The first-order chi connectivity index (χ1) is 11.5. The fourth-order valence-electron chi connectivity index (χ4n) is 3.55. The molecule has 6 nitrogen and oxygen atoms in total. The minimum Gasteiger partial charge on any atom is -0.364 e. The van der Waals surface area contributed by atoms with Crippen molar-refractivity contribution in [2.75, 3.05) is 6.54 Å².